The van der Waals surface area contributed by atoms with Crippen molar-refractivity contribution in [1.82, 2.24) is 0 Å². The molecule has 240 valence electrons. The lowest BCUT2D eigenvalue weighted by atomic mass is 10.0. The number of unbranched alkanes of at least 4 members (excludes halogenated alkanes) is 16. The van der Waals surface area contributed by atoms with Crippen LogP contribution in [0.4, 0.5) is 4.79 Å². The van der Waals surface area contributed by atoms with Crippen LogP contribution in [0, 0.1) is 0 Å². The van der Waals surface area contributed by atoms with Crippen molar-refractivity contribution in [3.8, 4) is 0 Å². The predicted octanol–water partition coefficient (Wildman–Crippen LogP) is 7.60. The lowest BCUT2D eigenvalue weighted by Crippen LogP contribution is -2.33. The van der Waals surface area contributed by atoms with Crippen molar-refractivity contribution < 1.29 is 33.4 Å². The highest BCUT2D eigenvalue weighted by Crippen LogP contribution is 2.13. The number of nitrogens with zero attached hydrogens (tertiary/aromatic N) is 2. The molecule has 1 heterocycles. The van der Waals surface area contributed by atoms with Crippen molar-refractivity contribution in [1.29, 1.82) is 0 Å². The Bertz CT molecular complexity index is 723. The van der Waals surface area contributed by atoms with E-state index in [0.717, 1.165) is 32.2 Å². The van der Waals surface area contributed by atoms with E-state index in [1.165, 1.54) is 97.0 Å². The Hall–Kier alpha value is -1.14. The molecule has 1 atom stereocenters. The first-order valence-electron chi connectivity index (χ1n) is 15.7. The lowest BCUT2D eigenvalue weighted by Gasteiger charge is -2.22. The van der Waals surface area contributed by atoms with E-state index >= 15 is 0 Å². The lowest BCUT2D eigenvalue weighted by molar-refractivity contribution is -0.692. The molecule has 41 heavy (non-hydrogen) atoms. The molecule has 0 unspecified atom stereocenters. The van der Waals surface area contributed by atoms with Gasteiger partial charge in [-0.25, -0.2) is 4.79 Å². The van der Waals surface area contributed by atoms with Crippen LogP contribution in [0.5, 0.6) is 0 Å². The van der Waals surface area contributed by atoms with Crippen LogP contribution in [0.25, 0.3) is 0 Å². The average molecular weight is 713 g/mol. The molecule has 0 saturated heterocycles. The number of aromatic nitrogens is 1. The van der Waals surface area contributed by atoms with Gasteiger partial charge in [-0.1, -0.05) is 115 Å². The highest BCUT2D eigenvalue weighted by Gasteiger charge is 2.14. The maximum atomic E-state index is 12.0. The van der Waals surface area contributed by atoms with Crippen LogP contribution in [0.1, 0.15) is 122 Å². The number of hydrogen-bond acceptors (Lipinski definition) is 8. The van der Waals surface area contributed by atoms with Gasteiger partial charge in [0, 0.05) is 26.2 Å². The van der Waals surface area contributed by atoms with Crippen LogP contribution >= 0.6 is 35.3 Å². The van der Waals surface area contributed by atoms with Crippen molar-refractivity contribution in [2.24, 2.45) is 4.99 Å². The molecule has 1 rings (SSSR count). The minimum absolute atomic E-state index is 0. The van der Waals surface area contributed by atoms with Gasteiger partial charge in [0.2, 0.25) is 5.51 Å². The maximum Gasteiger partial charge on any atom is 0.508 e. The summed E-state index contributed by atoms with van der Waals surface area (Å²) in [5, 5.41) is 14.0. The molecule has 0 radical (unpaired) electrons. The maximum absolute atomic E-state index is 12.0. The van der Waals surface area contributed by atoms with Crippen LogP contribution in [-0.2, 0) is 25.5 Å². The van der Waals surface area contributed by atoms with E-state index in [1.807, 2.05) is 11.6 Å². The van der Waals surface area contributed by atoms with Gasteiger partial charge >= 0.3 is 6.16 Å². The molecule has 0 N–H and O–H groups in total. The smallest absolute Gasteiger partial charge is 0.508 e. The van der Waals surface area contributed by atoms with Crippen LogP contribution in [0.3, 0.4) is 0 Å². The number of thiazole rings is 1. The highest BCUT2D eigenvalue weighted by molar-refractivity contribution is 14.0. The Morgan fingerprint density at radius 3 is 1.98 bits per heavy atom. The van der Waals surface area contributed by atoms with Crippen molar-refractivity contribution in [2.45, 2.75) is 135 Å². The third kappa shape index (κ3) is 26.2. The fourth-order valence-electron chi connectivity index (χ4n) is 4.44. The van der Waals surface area contributed by atoms with Gasteiger partial charge in [0.25, 0.3) is 0 Å². The molecule has 0 fully saturated rings. The second-order valence-electron chi connectivity index (χ2n) is 10.5. The summed E-state index contributed by atoms with van der Waals surface area (Å²) in [4.78, 5) is 15.5. The molecule has 0 amide bonds. The number of rotatable bonds is 27. The number of carbonyl (C=O) groups is 1. The van der Waals surface area contributed by atoms with Gasteiger partial charge in [-0.3, -0.25) is 4.99 Å². The van der Waals surface area contributed by atoms with E-state index < -0.39 is 18.3 Å². The van der Waals surface area contributed by atoms with Crippen molar-refractivity contribution in [2.75, 3.05) is 33.5 Å². The second-order valence-corrected chi connectivity index (χ2v) is 11.3. The van der Waals surface area contributed by atoms with Gasteiger partial charge in [0.05, 0.1) is 19.1 Å². The van der Waals surface area contributed by atoms with E-state index in [4.69, 9.17) is 14.2 Å². The third-order valence-electron chi connectivity index (χ3n) is 6.86. The Labute approximate surface area is 270 Å². The zero-order valence-electron chi connectivity index (χ0n) is 25.7. The molecule has 0 saturated carbocycles. The van der Waals surface area contributed by atoms with E-state index in [2.05, 4.69) is 26.7 Å². The first-order chi connectivity index (χ1) is 19.7. The Balaban J connectivity index is 0.0000160. The van der Waals surface area contributed by atoms with Crippen LogP contribution in [0.15, 0.2) is 22.1 Å². The second kappa shape index (κ2) is 30.3. The molecule has 0 bridgehead atoms. The minimum atomic E-state index is -0.830. The Morgan fingerprint density at radius 1 is 0.854 bits per heavy atom. The zero-order chi connectivity index (χ0) is 28.9. The molecule has 1 aromatic rings. The number of aryl methyl sites for hydroxylation is 1. The number of carbonyl (C=O) groups excluding carboxylic acids is 1. The topological polar surface area (TPSA) is 93.3 Å². The molecule has 1 aromatic heterocycles. The molecule has 0 spiro atoms. The fourth-order valence-corrected chi connectivity index (χ4v) is 5.07. The summed E-state index contributed by atoms with van der Waals surface area (Å²) in [6.07, 6.45) is 22.6. The molecule has 10 heteroatoms. The summed E-state index contributed by atoms with van der Waals surface area (Å²) in [5.74, 6) is 0. The Morgan fingerprint density at radius 2 is 1.44 bits per heavy atom. The first kappa shape index (κ1) is 39.9. The standard InChI is InChI=1S/C31H56N2O6S.HI/c1-3-4-5-6-7-8-9-10-11-12-13-14-15-16-17-18-21-32-30(34)38-27-29(39-31(35)36-2)26-37-24-20-19-22-33-23-25-40-28-33;/h23,25,28-29H,3-22,24,26-27H2,1-2H3;1H/t29-;/m1./s1. The summed E-state index contributed by atoms with van der Waals surface area (Å²) < 4.78 is 22.7. The molecule has 0 aliphatic carbocycles. The van der Waals surface area contributed by atoms with E-state index in [-0.39, 0.29) is 37.2 Å². The average Bonchev–Trinajstić information content (AvgIpc) is 3.48. The van der Waals surface area contributed by atoms with Gasteiger partial charge in [-0.15, -0.1) is 24.0 Å². The van der Waals surface area contributed by atoms with E-state index in [1.54, 1.807) is 11.3 Å². The fraction of sp³-hybridized carbons (Fsp3) is 0.839. The zero-order valence-corrected chi connectivity index (χ0v) is 28.9. The van der Waals surface area contributed by atoms with Gasteiger partial charge in [0.15, 0.2) is 6.20 Å². The van der Waals surface area contributed by atoms with Gasteiger partial charge in [-0.05, 0) is 12.8 Å². The van der Waals surface area contributed by atoms with Gasteiger partial charge < -0.3 is 24.1 Å². The van der Waals surface area contributed by atoms with Crippen LogP contribution in [0.2, 0.25) is 0 Å². The monoisotopic (exact) mass is 712 g/mol. The summed E-state index contributed by atoms with van der Waals surface area (Å²) in [6, 6.07) is 0. The molecular weight excluding hydrogens is 655 g/mol. The molecule has 0 aliphatic heterocycles. The highest BCUT2D eigenvalue weighted by atomic mass is 127. The summed E-state index contributed by atoms with van der Waals surface area (Å²) in [6.45, 7) is 4.22. The van der Waals surface area contributed by atoms with Crippen LogP contribution < -0.4 is 9.67 Å². The van der Waals surface area contributed by atoms with Crippen LogP contribution in [-0.4, -0.2) is 51.8 Å². The van der Waals surface area contributed by atoms with E-state index in [9.17, 15) is 9.90 Å². The number of hydrogen-bond donors (Lipinski definition) is 0. The van der Waals surface area contributed by atoms with E-state index in [0.29, 0.717) is 13.2 Å². The van der Waals surface area contributed by atoms with Crippen molar-refractivity contribution in [3.05, 3.63) is 17.1 Å². The number of methoxy groups -OCH3 is 1. The largest absolute Gasteiger partial charge is 0.597 e. The quantitative estimate of drug-likeness (QED) is 0.0233. The SMILES string of the molecule is CCCCCCCCCCCCCCCCCCN=C([O-])OC[C@@H](COCCCC[n+]1ccsc1)OC(=O)OC.I. The molecule has 0 aliphatic rings. The molecule has 8 nitrogen and oxygen atoms in total. The summed E-state index contributed by atoms with van der Waals surface area (Å²) >= 11 is 1.66. The summed E-state index contributed by atoms with van der Waals surface area (Å²) in [5.41, 5.74) is 2.07. The third-order valence-corrected chi connectivity index (χ3v) is 7.53. The normalized spacial score (nSPS) is 12.1. The summed E-state index contributed by atoms with van der Waals surface area (Å²) in [7, 11) is 1.24. The van der Waals surface area contributed by atoms with Gasteiger partial charge in [-0.2, -0.15) is 4.57 Å². The number of aliphatic imine (C=N–C) groups is 1. The predicted molar refractivity (Wildman–Crippen MR) is 175 cm³/mol. The van der Waals surface area contributed by atoms with Crippen molar-refractivity contribution >= 4 is 47.6 Å². The van der Waals surface area contributed by atoms with Gasteiger partial charge in [0.1, 0.15) is 18.7 Å². The number of ether oxygens (including phenoxy) is 4. The molecular formula is C31H57IN2O6S. The number of halogens is 1. The van der Waals surface area contributed by atoms with Crippen molar-refractivity contribution in [3.63, 3.8) is 0 Å². The molecule has 0 aromatic carbocycles. The Kier molecular flexibility index (Phi) is 29.5. The first-order valence-corrected chi connectivity index (χ1v) is 16.7. The minimum Gasteiger partial charge on any atom is -0.597 e.